The molecule has 0 aliphatic carbocycles. The number of rotatable bonds is 6. The molecule has 1 aliphatic heterocycles. The van der Waals surface area contributed by atoms with Gasteiger partial charge in [-0.15, -0.1) is 11.3 Å². The topological polar surface area (TPSA) is 51.7 Å². The molecule has 26 heavy (non-hydrogen) atoms. The van der Waals surface area contributed by atoms with Crippen molar-refractivity contribution in [3.05, 3.63) is 76.7 Å². The van der Waals surface area contributed by atoms with E-state index in [0.29, 0.717) is 6.61 Å². The van der Waals surface area contributed by atoms with E-state index in [9.17, 15) is 4.79 Å². The number of hydrogen-bond donors (Lipinski definition) is 0. The first-order chi connectivity index (χ1) is 12.8. The van der Waals surface area contributed by atoms with Gasteiger partial charge in [0.2, 0.25) is 0 Å². The van der Waals surface area contributed by atoms with Crippen LogP contribution in [0, 0.1) is 0 Å². The monoisotopic (exact) mass is 366 g/mol. The van der Waals surface area contributed by atoms with E-state index in [0.717, 1.165) is 22.7 Å². The highest BCUT2D eigenvalue weighted by atomic mass is 32.1. The van der Waals surface area contributed by atoms with E-state index in [2.05, 4.69) is 4.98 Å². The molecule has 132 valence electrons. The molecule has 1 fully saturated rings. The van der Waals surface area contributed by atoms with E-state index in [-0.39, 0.29) is 11.9 Å². The van der Waals surface area contributed by atoms with Crippen molar-refractivity contribution in [1.82, 2.24) is 4.98 Å². The van der Waals surface area contributed by atoms with E-state index in [4.69, 9.17) is 9.47 Å². The summed E-state index contributed by atoms with van der Waals surface area (Å²) in [7, 11) is 1.62. The molecule has 2 aromatic carbocycles. The van der Waals surface area contributed by atoms with Gasteiger partial charge in [-0.2, -0.15) is 0 Å². The number of thiazole rings is 1. The van der Waals surface area contributed by atoms with Crippen molar-refractivity contribution in [1.29, 1.82) is 0 Å². The van der Waals surface area contributed by atoms with Gasteiger partial charge in [0.25, 0.3) is 5.91 Å². The van der Waals surface area contributed by atoms with E-state index in [1.807, 2.05) is 60.0 Å². The highest BCUT2D eigenvalue weighted by Gasteiger charge is 2.50. The van der Waals surface area contributed by atoms with Gasteiger partial charge in [0, 0.05) is 11.1 Å². The van der Waals surface area contributed by atoms with Crippen LogP contribution in [0.4, 0.5) is 5.69 Å². The number of β-lactam (4-membered cyclic amide) rings is 1. The summed E-state index contributed by atoms with van der Waals surface area (Å²) in [6.07, 6.45) is -0.528. The Labute approximate surface area is 155 Å². The molecule has 2 atom stereocenters. The lowest BCUT2D eigenvalue weighted by atomic mass is 9.94. The van der Waals surface area contributed by atoms with Gasteiger partial charge in [-0.25, -0.2) is 4.98 Å². The molecule has 0 unspecified atom stereocenters. The summed E-state index contributed by atoms with van der Waals surface area (Å²) in [4.78, 5) is 18.9. The fourth-order valence-electron chi connectivity index (χ4n) is 3.07. The molecule has 1 saturated heterocycles. The molecule has 1 aliphatic rings. The van der Waals surface area contributed by atoms with Crippen molar-refractivity contribution in [2.45, 2.75) is 18.8 Å². The Morgan fingerprint density at radius 2 is 1.88 bits per heavy atom. The fraction of sp³-hybridized carbons (Fsp3) is 0.200. The summed E-state index contributed by atoms with van der Waals surface area (Å²) in [5, 5.41) is 1.96. The predicted octanol–water partition coefficient (Wildman–Crippen LogP) is 3.83. The molecule has 0 spiro atoms. The van der Waals surface area contributed by atoms with Crippen LogP contribution in [0.1, 0.15) is 17.3 Å². The highest BCUT2D eigenvalue weighted by Crippen LogP contribution is 2.41. The van der Waals surface area contributed by atoms with Crippen LogP contribution < -0.4 is 9.64 Å². The largest absolute Gasteiger partial charge is 0.497 e. The van der Waals surface area contributed by atoms with Crippen LogP contribution in [-0.4, -0.2) is 24.1 Å². The Morgan fingerprint density at radius 1 is 1.12 bits per heavy atom. The molecule has 2 heterocycles. The zero-order valence-corrected chi connectivity index (χ0v) is 15.1. The van der Waals surface area contributed by atoms with Crippen molar-refractivity contribution >= 4 is 22.9 Å². The second-order valence-electron chi connectivity index (χ2n) is 5.98. The minimum Gasteiger partial charge on any atom is -0.497 e. The van der Waals surface area contributed by atoms with Crippen molar-refractivity contribution < 1.29 is 14.3 Å². The molecule has 5 nitrogen and oxygen atoms in total. The zero-order valence-electron chi connectivity index (χ0n) is 14.2. The molecule has 1 aromatic heterocycles. The number of carbonyl (C=O) groups is 1. The lowest BCUT2D eigenvalue weighted by molar-refractivity contribution is -0.143. The second kappa shape index (κ2) is 7.27. The Bertz CT molecular complexity index is 866. The quantitative estimate of drug-likeness (QED) is 0.622. The van der Waals surface area contributed by atoms with Gasteiger partial charge in [0.15, 0.2) is 6.10 Å². The van der Waals surface area contributed by atoms with Crippen molar-refractivity contribution in [2.24, 2.45) is 0 Å². The Balaban J connectivity index is 1.56. The molecule has 0 radical (unpaired) electrons. The lowest BCUT2D eigenvalue weighted by Crippen LogP contribution is -2.60. The van der Waals surface area contributed by atoms with E-state index >= 15 is 0 Å². The van der Waals surface area contributed by atoms with E-state index < -0.39 is 6.10 Å². The minimum absolute atomic E-state index is 0.0518. The summed E-state index contributed by atoms with van der Waals surface area (Å²) in [6.45, 7) is 0.397. The number of nitrogens with zero attached hydrogens (tertiary/aromatic N) is 2. The Kier molecular flexibility index (Phi) is 4.69. The maximum absolute atomic E-state index is 12.8. The van der Waals surface area contributed by atoms with Crippen LogP contribution in [0.5, 0.6) is 5.75 Å². The Hall–Kier alpha value is -2.70. The zero-order chi connectivity index (χ0) is 17.9. The standard InChI is InChI=1S/C20H18N2O3S/c1-24-16-9-7-15(8-10-16)22-18(17-12-26-13-21-17)19(20(22)23)25-11-14-5-3-2-4-6-14/h2-10,12-13,18-19H,11H2,1H3/t18-,19+/m0/s1. The molecule has 0 saturated carbocycles. The summed E-state index contributed by atoms with van der Waals surface area (Å²) in [5.41, 5.74) is 4.48. The number of hydrogen-bond acceptors (Lipinski definition) is 5. The summed E-state index contributed by atoms with van der Waals surface area (Å²) in [6, 6.07) is 17.1. The van der Waals surface area contributed by atoms with Gasteiger partial charge >= 0.3 is 0 Å². The number of methoxy groups -OCH3 is 1. The number of ether oxygens (including phenoxy) is 2. The van der Waals surface area contributed by atoms with Crippen molar-refractivity contribution in [2.75, 3.05) is 12.0 Å². The average Bonchev–Trinajstić information content (AvgIpc) is 3.21. The minimum atomic E-state index is -0.528. The molecular weight excluding hydrogens is 348 g/mol. The summed E-state index contributed by atoms with van der Waals surface area (Å²) in [5.74, 6) is 0.702. The Morgan fingerprint density at radius 3 is 2.54 bits per heavy atom. The first-order valence-electron chi connectivity index (χ1n) is 8.28. The van der Waals surface area contributed by atoms with E-state index in [1.54, 1.807) is 17.5 Å². The third-order valence-corrected chi connectivity index (χ3v) is 5.03. The summed E-state index contributed by atoms with van der Waals surface area (Å²) >= 11 is 1.51. The molecule has 1 amide bonds. The number of amides is 1. The van der Waals surface area contributed by atoms with Gasteiger partial charge in [-0.3, -0.25) is 9.69 Å². The normalized spacial score (nSPS) is 19.3. The third-order valence-electron chi connectivity index (χ3n) is 4.42. The van der Waals surface area contributed by atoms with Gasteiger partial charge in [0.05, 0.1) is 24.9 Å². The SMILES string of the molecule is COc1ccc(N2C(=O)[C@H](OCc3ccccc3)[C@@H]2c2cscn2)cc1. The summed E-state index contributed by atoms with van der Waals surface area (Å²) < 4.78 is 11.2. The van der Waals surface area contributed by atoms with Crippen molar-refractivity contribution in [3.63, 3.8) is 0 Å². The van der Waals surface area contributed by atoms with Crippen LogP contribution in [0.15, 0.2) is 65.5 Å². The van der Waals surface area contributed by atoms with Gasteiger partial charge in [-0.1, -0.05) is 30.3 Å². The van der Waals surface area contributed by atoms with Gasteiger partial charge < -0.3 is 9.47 Å². The van der Waals surface area contributed by atoms with Crippen LogP contribution >= 0.6 is 11.3 Å². The number of carbonyl (C=O) groups excluding carboxylic acids is 1. The molecule has 6 heteroatoms. The molecular formula is C20H18N2O3S. The van der Waals surface area contributed by atoms with Crippen LogP contribution in [0.25, 0.3) is 0 Å². The first-order valence-corrected chi connectivity index (χ1v) is 9.23. The maximum atomic E-state index is 12.8. The van der Waals surface area contributed by atoms with Gasteiger partial charge in [-0.05, 0) is 29.8 Å². The molecule has 4 rings (SSSR count). The van der Waals surface area contributed by atoms with Crippen LogP contribution in [-0.2, 0) is 16.1 Å². The van der Waals surface area contributed by atoms with E-state index in [1.165, 1.54) is 11.3 Å². The predicted molar refractivity (Wildman–Crippen MR) is 100 cm³/mol. The second-order valence-corrected chi connectivity index (χ2v) is 6.70. The number of aromatic nitrogens is 1. The average molecular weight is 366 g/mol. The first kappa shape index (κ1) is 16.8. The molecule has 3 aromatic rings. The number of benzene rings is 2. The highest BCUT2D eigenvalue weighted by molar-refractivity contribution is 7.07. The smallest absolute Gasteiger partial charge is 0.259 e. The third kappa shape index (κ3) is 3.09. The number of anilines is 1. The van der Waals surface area contributed by atoms with Crippen molar-refractivity contribution in [3.8, 4) is 5.75 Å². The fourth-order valence-corrected chi connectivity index (χ4v) is 3.65. The molecule has 0 N–H and O–H groups in total. The lowest BCUT2D eigenvalue weighted by Gasteiger charge is -2.45. The van der Waals surface area contributed by atoms with Crippen LogP contribution in [0.2, 0.25) is 0 Å². The van der Waals surface area contributed by atoms with Gasteiger partial charge in [0.1, 0.15) is 11.8 Å². The van der Waals surface area contributed by atoms with Crippen LogP contribution in [0.3, 0.4) is 0 Å². The maximum Gasteiger partial charge on any atom is 0.259 e. The molecule has 0 bridgehead atoms.